The van der Waals surface area contributed by atoms with Crippen LogP contribution in [0.1, 0.15) is 23.2 Å². The average molecular weight is 347 g/mol. The number of furan rings is 1. The molecule has 0 aliphatic carbocycles. The number of anilines is 1. The lowest BCUT2D eigenvalue weighted by molar-refractivity contribution is -0.402. The summed E-state index contributed by atoms with van der Waals surface area (Å²) in [5, 5.41) is 17.2. The second kappa shape index (κ2) is 7.43. The predicted octanol–water partition coefficient (Wildman–Crippen LogP) is 1.76. The maximum Gasteiger partial charge on any atom is 0.433 e. The third-order valence-corrected chi connectivity index (χ3v) is 3.20. The number of aromatic nitrogens is 2. The number of carbonyl (C=O) groups is 2. The summed E-state index contributed by atoms with van der Waals surface area (Å²) >= 11 is 0. The van der Waals surface area contributed by atoms with E-state index in [0.717, 1.165) is 6.08 Å². The van der Waals surface area contributed by atoms with Crippen LogP contribution in [0.4, 0.5) is 11.6 Å². The first-order valence-corrected chi connectivity index (χ1v) is 7.34. The quantitative estimate of drug-likeness (QED) is 0.482. The van der Waals surface area contributed by atoms with Gasteiger partial charge in [0, 0.05) is 26.7 Å². The van der Waals surface area contributed by atoms with E-state index < -0.39 is 16.7 Å². The van der Waals surface area contributed by atoms with Gasteiger partial charge in [0.05, 0.1) is 18.0 Å². The van der Waals surface area contributed by atoms with Gasteiger partial charge in [-0.05, 0) is 19.1 Å². The predicted molar refractivity (Wildman–Crippen MR) is 88.9 cm³/mol. The summed E-state index contributed by atoms with van der Waals surface area (Å²) in [6.07, 6.45) is 3.83. The van der Waals surface area contributed by atoms with Crippen molar-refractivity contribution in [3.63, 3.8) is 0 Å². The zero-order valence-electron chi connectivity index (χ0n) is 13.9. The summed E-state index contributed by atoms with van der Waals surface area (Å²) in [5.74, 6) is -1.07. The van der Waals surface area contributed by atoms with Gasteiger partial charge in [-0.25, -0.2) is 0 Å². The van der Waals surface area contributed by atoms with E-state index in [0.29, 0.717) is 6.54 Å². The largest absolute Gasteiger partial charge is 0.433 e. The third kappa shape index (κ3) is 4.10. The molecule has 2 aromatic heterocycles. The van der Waals surface area contributed by atoms with Crippen LogP contribution >= 0.6 is 0 Å². The molecule has 0 spiro atoms. The first-order chi connectivity index (χ1) is 11.8. The van der Waals surface area contributed by atoms with Gasteiger partial charge in [-0.2, -0.15) is 5.10 Å². The average Bonchev–Trinajstić information content (AvgIpc) is 3.18. The van der Waals surface area contributed by atoms with Gasteiger partial charge < -0.3 is 14.6 Å². The highest BCUT2D eigenvalue weighted by molar-refractivity contribution is 6.06. The maximum absolute atomic E-state index is 12.3. The Balaban J connectivity index is 2.14. The normalized spacial score (nSPS) is 10.8. The Morgan fingerprint density at radius 3 is 2.72 bits per heavy atom. The van der Waals surface area contributed by atoms with E-state index in [9.17, 15) is 19.7 Å². The van der Waals surface area contributed by atoms with Crippen LogP contribution < -0.4 is 5.32 Å². The van der Waals surface area contributed by atoms with E-state index in [1.807, 2.05) is 6.92 Å². The van der Waals surface area contributed by atoms with E-state index in [-0.39, 0.29) is 23.0 Å². The molecule has 0 aromatic carbocycles. The van der Waals surface area contributed by atoms with Gasteiger partial charge in [0.25, 0.3) is 5.91 Å². The van der Waals surface area contributed by atoms with Gasteiger partial charge in [-0.1, -0.05) is 0 Å². The van der Waals surface area contributed by atoms with Crippen LogP contribution in [0.5, 0.6) is 0 Å². The summed E-state index contributed by atoms with van der Waals surface area (Å²) in [4.78, 5) is 35.5. The summed E-state index contributed by atoms with van der Waals surface area (Å²) < 4.78 is 6.40. The molecule has 10 heteroatoms. The van der Waals surface area contributed by atoms with Crippen LogP contribution in [0.2, 0.25) is 0 Å². The van der Waals surface area contributed by atoms with Crippen LogP contribution in [-0.4, -0.2) is 45.5 Å². The second-order valence-electron chi connectivity index (χ2n) is 5.18. The molecular formula is C15H17N5O5. The number of nitrogens with one attached hydrogen (secondary N) is 1. The van der Waals surface area contributed by atoms with Gasteiger partial charge in [0.15, 0.2) is 0 Å². The number of hydrogen-bond donors (Lipinski definition) is 1. The van der Waals surface area contributed by atoms with Crippen LogP contribution in [0.3, 0.4) is 0 Å². The summed E-state index contributed by atoms with van der Waals surface area (Å²) in [6.45, 7) is 2.30. The van der Waals surface area contributed by atoms with Gasteiger partial charge in [-0.15, -0.1) is 0 Å². The van der Waals surface area contributed by atoms with Gasteiger partial charge in [0.2, 0.25) is 5.91 Å². The van der Waals surface area contributed by atoms with Crippen molar-refractivity contribution in [3.8, 4) is 0 Å². The molecule has 25 heavy (non-hydrogen) atoms. The van der Waals surface area contributed by atoms with Crippen LogP contribution in [0.25, 0.3) is 6.08 Å². The molecule has 132 valence electrons. The van der Waals surface area contributed by atoms with Crippen molar-refractivity contribution in [2.75, 3.05) is 19.4 Å². The van der Waals surface area contributed by atoms with Crippen molar-refractivity contribution in [3.05, 3.63) is 46.0 Å². The molecule has 2 rings (SSSR count). The van der Waals surface area contributed by atoms with Crippen molar-refractivity contribution in [2.24, 2.45) is 0 Å². The molecule has 0 bridgehead atoms. The van der Waals surface area contributed by atoms with Crippen molar-refractivity contribution in [1.29, 1.82) is 0 Å². The fraction of sp³-hybridized carbons (Fsp3) is 0.267. The molecule has 0 atom stereocenters. The number of aryl methyl sites for hydroxylation is 1. The van der Waals surface area contributed by atoms with Crippen LogP contribution in [-0.2, 0) is 11.3 Å². The number of carbonyl (C=O) groups excluding carboxylic acids is 2. The molecule has 0 saturated carbocycles. The van der Waals surface area contributed by atoms with E-state index in [1.54, 1.807) is 14.1 Å². The lowest BCUT2D eigenvalue weighted by atomic mass is 10.3. The minimum absolute atomic E-state index is 0.163. The molecule has 0 unspecified atom stereocenters. The van der Waals surface area contributed by atoms with E-state index in [4.69, 9.17) is 4.42 Å². The molecule has 1 N–H and O–H groups in total. The Morgan fingerprint density at radius 1 is 1.44 bits per heavy atom. The molecule has 0 saturated heterocycles. The van der Waals surface area contributed by atoms with E-state index in [1.165, 1.54) is 34.0 Å². The third-order valence-electron chi connectivity index (χ3n) is 3.20. The number of amides is 2. The lowest BCUT2D eigenvalue weighted by Gasteiger charge is -2.13. The highest BCUT2D eigenvalue weighted by atomic mass is 16.6. The van der Waals surface area contributed by atoms with E-state index >= 15 is 0 Å². The SMILES string of the molecule is CCn1ncc(NC(=O)/C=C/c2ccc([N+](=O)[O-])o2)c1C(=O)N(C)C. The minimum atomic E-state index is -0.671. The first kappa shape index (κ1) is 17.9. The summed E-state index contributed by atoms with van der Waals surface area (Å²) in [6, 6.07) is 2.56. The molecule has 2 amide bonds. The van der Waals surface area contributed by atoms with Gasteiger partial charge >= 0.3 is 5.88 Å². The highest BCUT2D eigenvalue weighted by Crippen LogP contribution is 2.18. The molecule has 0 aliphatic rings. The number of rotatable bonds is 6. The fourth-order valence-electron chi connectivity index (χ4n) is 2.02. The molecule has 0 fully saturated rings. The number of nitro groups is 1. The Hall–Kier alpha value is -3.43. The van der Waals surface area contributed by atoms with Gasteiger partial charge in [-0.3, -0.25) is 24.4 Å². The second-order valence-corrected chi connectivity index (χ2v) is 5.18. The summed E-state index contributed by atoms with van der Waals surface area (Å²) in [7, 11) is 3.20. The standard InChI is InChI=1S/C15H17N5O5/c1-4-19-14(15(22)18(2)3)11(9-16-19)17-12(21)7-5-10-6-8-13(25-10)20(23)24/h5-9H,4H2,1-3H3,(H,17,21)/b7-5+. The molecule has 2 heterocycles. The number of hydrogen-bond acceptors (Lipinski definition) is 6. The van der Waals surface area contributed by atoms with E-state index in [2.05, 4.69) is 10.4 Å². The molecule has 0 aliphatic heterocycles. The highest BCUT2D eigenvalue weighted by Gasteiger charge is 2.20. The van der Waals surface area contributed by atoms with Crippen molar-refractivity contribution >= 4 is 29.5 Å². The Morgan fingerprint density at radius 2 is 2.16 bits per heavy atom. The topological polar surface area (TPSA) is 124 Å². The Bertz CT molecular complexity index is 833. The lowest BCUT2D eigenvalue weighted by Crippen LogP contribution is -2.26. The van der Waals surface area contributed by atoms with Crippen molar-refractivity contribution < 1.29 is 18.9 Å². The fourth-order valence-corrected chi connectivity index (χ4v) is 2.02. The van der Waals surface area contributed by atoms with Crippen molar-refractivity contribution in [1.82, 2.24) is 14.7 Å². The van der Waals surface area contributed by atoms with Crippen LogP contribution in [0, 0.1) is 10.1 Å². The zero-order valence-corrected chi connectivity index (χ0v) is 13.9. The zero-order chi connectivity index (χ0) is 18.6. The van der Waals surface area contributed by atoms with Crippen LogP contribution in [0.15, 0.2) is 28.8 Å². The first-order valence-electron chi connectivity index (χ1n) is 7.34. The smallest absolute Gasteiger partial charge is 0.401 e. The molecule has 10 nitrogen and oxygen atoms in total. The maximum atomic E-state index is 12.3. The molecule has 2 aromatic rings. The molecule has 0 radical (unpaired) electrons. The van der Waals surface area contributed by atoms with Gasteiger partial charge in [0.1, 0.15) is 16.4 Å². The monoisotopic (exact) mass is 347 g/mol. The Kier molecular flexibility index (Phi) is 5.32. The number of nitrogens with zero attached hydrogens (tertiary/aromatic N) is 4. The summed E-state index contributed by atoms with van der Waals surface area (Å²) in [5.41, 5.74) is 0.545. The van der Waals surface area contributed by atoms with Crippen molar-refractivity contribution in [2.45, 2.75) is 13.5 Å². The minimum Gasteiger partial charge on any atom is -0.401 e. The molecular weight excluding hydrogens is 330 g/mol. The Labute approximate surface area is 142 Å².